The van der Waals surface area contributed by atoms with Gasteiger partial charge in [-0.15, -0.1) is 0 Å². The number of halogens is 2. The van der Waals surface area contributed by atoms with E-state index in [4.69, 9.17) is 0 Å². The van der Waals surface area contributed by atoms with Gasteiger partial charge < -0.3 is 9.97 Å². The van der Waals surface area contributed by atoms with Crippen LogP contribution >= 0.6 is 45.2 Å². The van der Waals surface area contributed by atoms with Crippen LogP contribution in [0.2, 0.25) is 0 Å². The van der Waals surface area contributed by atoms with Crippen LogP contribution in [0.3, 0.4) is 0 Å². The van der Waals surface area contributed by atoms with Crippen LogP contribution in [0.5, 0.6) is 0 Å². The van der Waals surface area contributed by atoms with E-state index in [1.165, 1.54) is 40.1 Å². The van der Waals surface area contributed by atoms with Crippen molar-refractivity contribution in [2.24, 2.45) is 0 Å². The minimum absolute atomic E-state index is 0.946. The molecule has 0 fully saturated rings. The predicted molar refractivity (Wildman–Crippen MR) is 105 cm³/mol. The summed E-state index contributed by atoms with van der Waals surface area (Å²) in [6.07, 6.45) is 5.21. The standard InChI is InChI=1S/C17H12I2N2/c18-12-1-3-14-10(8-20-16(14)6-12)5-11-9-21-17-7-13(19)2-4-15(11)17/h1-4,6-9,20-21H,5H2. The zero-order valence-electron chi connectivity index (χ0n) is 11.1. The lowest BCUT2D eigenvalue weighted by molar-refractivity contribution is 1.22. The van der Waals surface area contributed by atoms with Gasteiger partial charge in [-0.3, -0.25) is 0 Å². The van der Waals surface area contributed by atoms with E-state index in [0.717, 1.165) is 6.42 Å². The second-order valence-corrected chi connectivity index (χ2v) is 7.68. The second-order valence-electron chi connectivity index (χ2n) is 5.18. The number of H-pyrrole nitrogens is 2. The van der Waals surface area contributed by atoms with Crippen molar-refractivity contribution in [1.82, 2.24) is 9.97 Å². The Bertz CT molecular complexity index is 872. The molecule has 0 saturated heterocycles. The van der Waals surface area contributed by atoms with E-state index in [2.05, 4.69) is 104 Å². The molecule has 4 heteroatoms. The van der Waals surface area contributed by atoms with Gasteiger partial charge in [-0.25, -0.2) is 0 Å². The molecule has 0 radical (unpaired) electrons. The van der Waals surface area contributed by atoms with Crippen molar-refractivity contribution in [3.8, 4) is 0 Å². The van der Waals surface area contributed by atoms with Crippen molar-refractivity contribution in [2.75, 3.05) is 0 Å². The number of aromatic amines is 2. The third-order valence-corrected chi connectivity index (χ3v) is 5.18. The predicted octanol–water partition coefficient (Wildman–Crippen LogP) is 5.45. The third-order valence-electron chi connectivity index (χ3n) is 3.84. The minimum Gasteiger partial charge on any atom is -0.361 e. The van der Waals surface area contributed by atoms with Crippen LogP contribution in [-0.2, 0) is 6.42 Å². The molecule has 2 heterocycles. The van der Waals surface area contributed by atoms with Gasteiger partial charge in [-0.2, -0.15) is 0 Å². The molecular weight excluding hydrogens is 486 g/mol. The summed E-state index contributed by atoms with van der Waals surface area (Å²) in [4.78, 5) is 6.76. The van der Waals surface area contributed by atoms with Crippen molar-refractivity contribution in [1.29, 1.82) is 0 Å². The van der Waals surface area contributed by atoms with Crippen LogP contribution in [0, 0.1) is 7.14 Å². The zero-order valence-corrected chi connectivity index (χ0v) is 15.4. The van der Waals surface area contributed by atoms with Crippen LogP contribution in [-0.4, -0.2) is 9.97 Å². The molecule has 104 valence electrons. The number of rotatable bonds is 2. The Labute approximate surface area is 149 Å². The minimum atomic E-state index is 0.946. The Morgan fingerprint density at radius 3 is 1.67 bits per heavy atom. The molecule has 0 aliphatic rings. The van der Waals surface area contributed by atoms with E-state index >= 15 is 0 Å². The number of hydrogen-bond donors (Lipinski definition) is 2. The molecule has 0 unspecified atom stereocenters. The maximum Gasteiger partial charge on any atom is 0.0467 e. The summed E-state index contributed by atoms with van der Waals surface area (Å²) in [5.74, 6) is 0. The topological polar surface area (TPSA) is 31.6 Å². The van der Waals surface area contributed by atoms with Crippen molar-refractivity contribution >= 4 is 67.0 Å². The fourth-order valence-corrected chi connectivity index (χ4v) is 3.80. The van der Waals surface area contributed by atoms with Gasteiger partial charge in [0.2, 0.25) is 0 Å². The van der Waals surface area contributed by atoms with E-state index in [1.54, 1.807) is 0 Å². The summed E-state index contributed by atoms with van der Waals surface area (Å²) in [6, 6.07) is 13.1. The first-order valence-electron chi connectivity index (χ1n) is 6.72. The Kier molecular flexibility index (Phi) is 3.45. The molecule has 0 spiro atoms. The molecule has 0 aliphatic carbocycles. The van der Waals surface area contributed by atoms with Gasteiger partial charge in [0.15, 0.2) is 0 Å². The summed E-state index contributed by atoms with van der Waals surface area (Å²) < 4.78 is 2.52. The van der Waals surface area contributed by atoms with Gasteiger partial charge in [-0.05, 0) is 80.6 Å². The third kappa shape index (κ3) is 2.48. The van der Waals surface area contributed by atoms with Gasteiger partial charge in [0, 0.05) is 47.8 Å². The molecule has 0 bridgehead atoms. The average molecular weight is 498 g/mol. The van der Waals surface area contributed by atoms with E-state index in [-0.39, 0.29) is 0 Å². The molecule has 2 aromatic heterocycles. The SMILES string of the molecule is Ic1ccc2c(Cc3c[nH]c4cc(I)ccc34)c[nH]c2c1. The molecule has 2 nitrogen and oxygen atoms in total. The molecule has 2 aromatic carbocycles. The summed E-state index contributed by atoms with van der Waals surface area (Å²) >= 11 is 4.70. The van der Waals surface area contributed by atoms with Crippen molar-refractivity contribution < 1.29 is 0 Å². The Balaban J connectivity index is 1.79. The van der Waals surface area contributed by atoms with Crippen molar-refractivity contribution in [2.45, 2.75) is 6.42 Å². The highest BCUT2D eigenvalue weighted by Gasteiger charge is 2.09. The largest absolute Gasteiger partial charge is 0.361 e. The first kappa shape index (κ1) is 13.6. The zero-order chi connectivity index (χ0) is 14.4. The highest BCUT2D eigenvalue weighted by atomic mass is 127. The highest BCUT2D eigenvalue weighted by Crippen LogP contribution is 2.27. The molecule has 4 aromatic rings. The fraction of sp³-hybridized carbons (Fsp3) is 0.0588. The van der Waals surface area contributed by atoms with Gasteiger partial charge in [-0.1, -0.05) is 12.1 Å². The lowest BCUT2D eigenvalue weighted by atomic mass is 10.0. The van der Waals surface area contributed by atoms with Gasteiger partial charge in [0.05, 0.1) is 0 Å². The summed E-state index contributed by atoms with van der Waals surface area (Å²) in [7, 11) is 0. The van der Waals surface area contributed by atoms with Crippen LogP contribution < -0.4 is 0 Å². The Morgan fingerprint density at radius 1 is 0.714 bits per heavy atom. The monoisotopic (exact) mass is 498 g/mol. The maximum absolute atomic E-state index is 3.38. The summed E-state index contributed by atoms with van der Waals surface area (Å²) in [5.41, 5.74) is 5.12. The first-order valence-corrected chi connectivity index (χ1v) is 8.87. The lowest BCUT2D eigenvalue weighted by Crippen LogP contribution is -1.85. The number of benzene rings is 2. The van der Waals surface area contributed by atoms with E-state index in [1.807, 2.05) is 0 Å². The summed E-state index contributed by atoms with van der Waals surface area (Å²) in [6.45, 7) is 0. The smallest absolute Gasteiger partial charge is 0.0467 e. The number of hydrogen-bond acceptors (Lipinski definition) is 0. The lowest BCUT2D eigenvalue weighted by Gasteiger charge is -2.00. The van der Waals surface area contributed by atoms with E-state index in [0.29, 0.717) is 0 Å². The second kappa shape index (κ2) is 5.31. The van der Waals surface area contributed by atoms with Gasteiger partial charge in [0.25, 0.3) is 0 Å². The van der Waals surface area contributed by atoms with E-state index < -0.39 is 0 Å². The average Bonchev–Trinajstić information content (AvgIpc) is 3.03. The molecule has 0 aliphatic heterocycles. The Morgan fingerprint density at radius 2 is 1.19 bits per heavy atom. The van der Waals surface area contributed by atoms with Crippen molar-refractivity contribution in [3.63, 3.8) is 0 Å². The quantitative estimate of drug-likeness (QED) is 0.345. The molecule has 0 atom stereocenters. The fourth-order valence-electron chi connectivity index (χ4n) is 2.81. The van der Waals surface area contributed by atoms with Crippen LogP contribution in [0.4, 0.5) is 0 Å². The molecule has 4 rings (SSSR count). The number of fused-ring (bicyclic) bond motifs is 2. The van der Waals surface area contributed by atoms with Crippen LogP contribution in [0.15, 0.2) is 48.8 Å². The molecule has 0 saturated carbocycles. The van der Waals surface area contributed by atoms with Crippen LogP contribution in [0.25, 0.3) is 21.8 Å². The normalized spacial score (nSPS) is 11.5. The first-order chi connectivity index (χ1) is 10.2. The molecule has 0 amide bonds. The van der Waals surface area contributed by atoms with Gasteiger partial charge in [0.1, 0.15) is 0 Å². The Hall–Kier alpha value is -1.02. The maximum atomic E-state index is 3.38. The highest BCUT2D eigenvalue weighted by molar-refractivity contribution is 14.1. The van der Waals surface area contributed by atoms with Gasteiger partial charge >= 0.3 is 0 Å². The van der Waals surface area contributed by atoms with Crippen molar-refractivity contribution in [3.05, 3.63) is 67.1 Å². The summed E-state index contributed by atoms with van der Waals surface area (Å²) in [5, 5.41) is 2.63. The van der Waals surface area contributed by atoms with Crippen LogP contribution in [0.1, 0.15) is 11.1 Å². The number of aromatic nitrogens is 2. The van der Waals surface area contributed by atoms with E-state index in [9.17, 15) is 0 Å². The number of nitrogens with one attached hydrogen (secondary N) is 2. The molecule has 2 N–H and O–H groups in total. The molecular formula is C17H12I2N2. The molecule has 21 heavy (non-hydrogen) atoms.